The van der Waals surface area contributed by atoms with Gasteiger partial charge >= 0.3 is 0 Å². The third kappa shape index (κ3) is 4.65. The van der Waals surface area contributed by atoms with Crippen LogP contribution in [0.25, 0.3) is 0 Å². The van der Waals surface area contributed by atoms with Crippen LogP contribution in [-0.2, 0) is 19.6 Å². The van der Waals surface area contributed by atoms with Gasteiger partial charge in [-0.2, -0.15) is 4.31 Å². The fraction of sp³-hybridized carbons (Fsp3) is 0.652. The highest BCUT2D eigenvalue weighted by atomic mass is 32.2. The van der Waals surface area contributed by atoms with Gasteiger partial charge in [-0.25, -0.2) is 8.42 Å². The first kappa shape index (κ1) is 22.3. The van der Waals surface area contributed by atoms with Gasteiger partial charge in [0.05, 0.1) is 17.2 Å². The highest BCUT2D eigenvalue weighted by molar-refractivity contribution is 7.89. The first-order chi connectivity index (χ1) is 14.9. The van der Waals surface area contributed by atoms with E-state index in [1.54, 1.807) is 12.1 Å². The second kappa shape index (κ2) is 9.28. The molecule has 2 aliphatic carbocycles. The molecule has 1 saturated heterocycles. The fourth-order valence-corrected chi connectivity index (χ4v) is 6.78. The molecule has 2 atom stereocenters. The number of hydrogen-bond donors (Lipinski definition) is 1. The van der Waals surface area contributed by atoms with Crippen molar-refractivity contribution >= 4 is 27.4 Å². The van der Waals surface area contributed by atoms with Crippen LogP contribution in [-0.4, -0.2) is 44.1 Å². The third-order valence-electron chi connectivity index (χ3n) is 6.88. The minimum Gasteiger partial charge on any atom is -0.492 e. The molecule has 7 nitrogen and oxygen atoms in total. The van der Waals surface area contributed by atoms with Crippen molar-refractivity contribution in [1.82, 2.24) is 4.31 Å². The van der Waals surface area contributed by atoms with E-state index < -0.39 is 10.0 Å². The average molecular weight is 449 g/mol. The van der Waals surface area contributed by atoms with Crippen LogP contribution in [0.1, 0.15) is 58.3 Å². The standard InChI is InChI=1S/C23H32N2O5S/c1-2-30-21-10-9-19(31(28,29)25-11-4-3-5-12-25)15-20(21)24-23(27)18-13-16-7-6-8-17(14-18)22(16)26/h9-10,15-18H,2-8,11-14H2,1H3,(H,24,27). The Hall–Kier alpha value is -1.93. The van der Waals surface area contributed by atoms with Crippen molar-refractivity contribution < 1.29 is 22.7 Å². The maximum absolute atomic E-state index is 13.1. The number of benzene rings is 1. The largest absolute Gasteiger partial charge is 0.492 e. The van der Waals surface area contributed by atoms with E-state index in [4.69, 9.17) is 4.74 Å². The minimum absolute atomic E-state index is 0.0135. The molecule has 2 saturated carbocycles. The van der Waals surface area contributed by atoms with E-state index in [1.807, 2.05) is 6.92 Å². The molecule has 0 aromatic heterocycles. The van der Waals surface area contributed by atoms with Gasteiger partial charge in [0.2, 0.25) is 15.9 Å². The Bertz CT molecular complexity index is 923. The van der Waals surface area contributed by atoms with Crippen LogP contribution in [0.15, 0.2) is 23.1 Å². The summed E-state index contributed by atoms with van der Waals surface area (Å²) in [5.41, 5.74) is 0.381. The van der Waals surface area contributed by atoms with Crippen LogP contribution in [0.3, 0.4) is 0 Å². The van der Waals surface area contributed by atoms with Crippen LogP contribution in [0, 0.1) is 17.8 Å². The van der Waals surface area contributed by atoms with Crippen molar-refractivity contribution in [2.75, 3.05) is 25.0 Å². The van der Waals surface area contributed by atoms with E-state index >= 15 is 0 Å². The Balaban J connectivity index is 1.55. The van der Waals surface area contributed by atoms with E-state index in [0.29, 0.717) is 49.8 Å². The molecule has 1 N–H and O–H groups in total. The predicted molar refractivity (Wildman–Crippen MR) is 117 cm³/mol. The first-order valence-electron chi connectivity index (χ1n) is 11.5. The van der Waals surface area contributed by atoms with Gasteiger partial charge in [0, 0.05) is 30.8 Å². The zero-order valence-electron chi connectivity index (χ0n) is 18.1. The van der Waals surface area contributed by atoms with E-state index in [0.717, 1.165) is 38.5 Å². The molecule has 1 aliphatic heterocycles. The lowest BCUT2D eigenvalue weighted by Gasteiger charge is -2.37. The molecule has 3 fully saturated rings. The molecule has 0 spiro atoms. The Morgan fingerprint density at radius 1 is 1.10 bits per heavy atom. The quantitative estimate of drug-likeness (QED) is 0.718. The SMILES string of the molecule is CCOc1ccc(S(=O)(=O)N2CCCCC2)cc1NC(=O)C1CC2CCCC(C1)C2=O. The van der Waals surface area contributed by atoms with Crippen molar-refractivity contribution in [3.8, 4) is 5.75 Å². The molecule has 1 aromatic rings. The lowest BCUT2D eigenvalue weighted by molar-refractivity contribution is -0.136. The van der Waals surface area contributed by atoms with Crippen molar-refractivity contribution in [3.63, 3.8) is 0 Å². The summed E-state index contributed by atoms with van der Waals surface area (Å²) < 4.78 is 33.4. The van der Waals surface area contributed by atoms with Crippen LogP contribution >= 0.6 is 0 Å². The van der Waals surface area contributed by atoms with Gasteiger partial charge in [-0.15, -0.1) is 0 Å². The van der Waals surface area contributed by atoms with Crippen LogP contribution in [0.4, 0.5) is 5.69 Å². The second-order valence-corrected chi connectivity index (χ2v) is 10.9. The highest BCUT2D eigenvalue weighted by Gasteiger charge is 2.41. The number of fused-ring (bicyclic) bond motifs is 2. The summed E-state index contributed by atoms with van der Waals surface area (Å²) >= 11 is 0. The van der Waals surface area contributed by atoms with Gasteiger partial charge in [-0.05, 0) is 63.6 Å². The second-order valence-electron chi connectivity index (χ2n) is 8.94. The molecular formula is C23H32N2O5S. The molecule has 4 rings (SSSR count). The number of nitrogens with zero attached hydrogens (tertiary/aromatic N) is 1. The number of carbonyl (C=O) groups excluding carboxylic acids is 2. The van der Waals surface area contributed by atoms with E-state index in [-0.39, 0.29) is 28.6 Å². The lowest BCUT2D eigenvalue weighted by atomic mass is 9.67. The molecule has 8 heteroatoms. The summed E-state index contributed by atoms with van der Waals surface area (Å²) in [6.07, 6.45) is 6.72. The van der Waals surface area contributed by atoms with Crippen molar-refractivity contribution in [2.24, 2.45) is 17.8 Å². The maximum atomic E-state index is 13.1. The number of ketones is 1. The van der Waals surface area contributed by atoms with Gasteiger partial charge in [0.25, 0.3) is 0 Å². The third-order valence-corrected chi connectivity index (χ3v) is 8.77. The molecule has 31 heavy (non-hydrogen) atoms. The van der Waals surface area contributed by atoms with E-state index in [9.17, 15) is 18.0 Å². The summed E-state index contributed by atoms with van der Waals surface area (Å²) in [4.78, 5) is 25.6. The number of ether oxygens (including phenoxy) is 1. The van der Waals surface area contributed by atoms with E-state index in [2.05, 4.69) is 5.32 Å². The summed E-state index contributed by atoms with van der Waals surface area (Å²) in [6.45, 7) is 3.30. The molecule has 1 aromatic carbocycles. The molecular weight excluding hydrogens is 416 g/mol. The predicted octanol–water partition coefficient (Wildman–Crippen LogP) is 3.59. The number of rotatable bonds is 6. The summed E-state index contributed by atoms with van der Waals surface area (Å²) in [5.74, 6) is 0.365. The number of nitrogens with one attached hydrogen (secondary N) is 1. The fourth-order valence-electron chi connectivity index (χ4n) is 5.23. The van der Waals surface area contributed by atoms with Crippen LogP contribution < -0.4 is 10.1 Å². The molecule has 3 aliphatic rings. The molecule has 2 unspecified atom stereocenters. The first-order valence-corrected chi connectivity index (χ1v) is 13.0. The zero-order chi connectivity index (χ0) is 22.0. The molecule has 0 radical (unpaired) electrons. The molecule has 1 heterocycles. The Morgan fingerprint density at radius 3 is 2.42 bits per heavy atom. The number of hydrogen-bond acceptors (Lipinski definition) is 5. The summed E-state index contributed by atoms with van der Waals surface area (Å²) in [5, 5.41) is 2.93. The van der Waals surface area contributed by atoms with Crippen molar-refractivity contribution in [3.05, 3.63) is 18.2 Å². The Morgan fingerprint density at radius 2 is 1.77 bits per heavy atom. The number of amides is 1. The highest BCUT2D eigenvalue weighted by Crippen LogP contribution is 2.41. The van der Waals surface area contributed by atoms with Gasteiger partial charge in [-0.3, -0.25) is 9.59 Å². The smallest absolute Gasteiger partial charge is 0.243 e. The number of anilines is 1. The lowest BCUT2D eigenvalue weighted by Crippen LogP contribution is -2.40. The normalized spacial score (nSPS) is 27.0. The van der Waals surface area contributed by atoms with Gasteiger partial charge < -0.3 is 10.1 Å². The minimum atomic E-state index is -3.61. The van der Waals surface area contributed by atoms with Crippen LogP contribution in [0.5, 0.6) is 5.75 Å². The summed E-state index contributed by atoms with van der Waals surface area (Å²) in [7, 11) is -3.61. The number of piperidine rings is 1. The van der Waals surface area contributed by atoms with Gasteiger partial charge in [0.15, 0.2) is 0 Å². The molecule has 1 amide bonds. The maximum Gasteiger partial charge on any atom is 0.243 e. The number of carbonyl (C=O) groups is 2. The number of Topliss-reactive ketones (excluding diaryl/α,β-unsaturated/α-hetero) is 1. The zero-order valence-corrected chi connectivity index (χ0v) is 19.0. The molecule has 2 bridgehead atoms. The van der Waals surface area contributed by atoms with Crippen molar-refractivity contribution in [2.45, 2.75) is 63.2 Å². The topological polar surface area (TPSA) is 92.8 Å². The molecule has 170 valence electrons. The van der Waals surface area contributed by atoms with E-state index in [1.165, 1.54) is 10.4 Å². The average Bonchev–Trinajstić information content (AvgIpc) is 2.75. The number of sulfonamides is 1. The van der Waals surface area contributed by atoms with Crippen LogP contribution in [0.2, 0.25) is 0 Å². The Kier molecular flexibility index (Phi) is 6.67. The Labute approximate surface area is 184 Å². The monoisotopic (exact) mass is 448 g/mol. The van der Waals surface area contributed by atoms with Gasteiger partial charge in [0.1, 0.15) is 11.5 Å². The summed E-state index contributed by atoms with van der Waals surface area (Å²) in [6, 6.07) is 4.69. The van der Waals surface area contributed by atoms with Crippen molar-refractivity contribution in [1.29, 1.82) is 0 Å². The van der Waals surface area contributed by atoms with Gasteiger partial charge in [-0.1, -0.05) is 12.8 Å².